The Morgan fingerprint density at radius 2 is 2.14 bits per heavy atom. The SMILES string of the molecule is CCOC(=O)/C=C/C(=O)NC(=S)Nc1cccc(CO)c1. The zero-order chi connectivity index (χ0) is 15.7. The monoisotopic (exact) mass is 308 g/mol. The van der Waals surface area contributed by atoms with Gasteiger partial charge in [0, 0.05) is 17.8 Å². The molecule has 0 radical (unpaired) electrons. The predicted octanol–water partition coefficient (Wildman–Crippen LogP) is 1.11. The van der Waals surface area contributed by atoms with Crippen molar-refractivity contribution in [3.8, 4) is 0 Å². The summed E-state index contributed by atoms with van der Waals surface area (Å²) < 4.78 is 4.64. The molecule has 0 atom stereocenters. The van der Waals surface area contributed by atoms with Gasteiger partial charge in [-0.15, -0.1) is 0 Å². The molecule has 0 aromatic heterocycles. The van der Waals surface area contributed by atoms with Crippen molar-refractivity contribution in [1.29, 1.82) is 0 Å². The van der Waals surface area contributed by atoms with Crippen LogP contribution in [0.1, 0.15) is 12.5 Å². The Balaban J connectivity index is 2.49. The maximum absolute atomic E-state index is 11.5. The average Bonchev–Trinajstić information content (AvgIpc) is 2.45. The number of hydrogen-bond acceptors (Lipinski definition) is 5. The smallest absolute Gasteiger partial charge is 0.330 e. The van der Waals surface area contributed by atoms with Gasteiger partial charge in [-0.25, -0.2) is 4.79 Å². The Bertz CT molecular complexity index is 558. The standard InChI is InChI=1S/C14H16N2O4S/c1-2-20-13(19)7-6-12(18)16-14(21)15-11-5-3-4-10(8-11)9-17/h3-8,17H,2,9H2,1H3,(H2,15,16,18,21)/b7-6+. The summed E-state index contributed by atoms with van der Waals surface area (Å²) in [5.74, 6) is -1.14. The Labute approximate surface area is 127 Å². The lowest BCUT2D eigenvalue weighted by molar-refractivity contribution is -0.137. The van der Waals surface area contributed by atoms with Gasteiger partial charge in [-0.2, -0.15) is 0 Å². The number of aliphatic hydroxyl groups is 1. The third-order valence-corrected chi connectivity index (χ3v) is 2.47. The summed E-state index contributed by atoms with van der Waals surface area (Å²) in [4.78, 5) is 22.5. The Morgan fingerprint density at radius 1 is 1.38 bits per heavy atom. The minimum Gasteiger partial charge on any atom is -0.463 e. The number of thiocarbonyl (C=S) groups is 1. The molecule has 7 heteroatoms. The highest BCUT2D eigenvalue weighted by molar-refractivity contribution is 7.80. The number of anilines is 1. The number of ether oxygens (including phenoxy) is 1. The summed E-state index contributed by atoms with van der Waals surface area (Å²) in [5.41, 5.74) is 1.36. The molecule has 0 aliphatic rings. The van der Waals surface area contributed by atoms with E-state index in [1.807, 2.05) is 0 Å². The summed E-state index contributed by atoms with van der Waals surface area (Å²) in [6.07, 6.45) is 2.06. The maximum Gasteiger partial charge on any atom is 0.330 e. The van der Waals surface area contributed by atoms with Crippen LogP contribution in [0.4, 0.5) is 5.69 Å². The third kappa shape index (κ3) is 6.64. The van der Waals surface area contributed by atoms with Crippen LogP contribution >= 0.6 is 12.2 Å². The quantitative estimate of drug-likeness (QED) is 0.429. The van der Waals surface area contributed by atoms with Crippen LogP contribution in [0.5, 0.6) is 0 Å². The summed E-state index contributed by atoms with van der Waals surface area (Å²) in [6.45, 7) is 1.83. The number of aliphatic hydroxyl groups excluding tert-OH is 1. The van der Waals surface area contributed by atoms with E-state index in [1.54, 1.807) is 31.2 Å². The van der Waals surface area contributed by atoms with Gasteiger partial charge in [0.2, 0.25) is 5.91 Å². The normalized spacial score (nSPS) is 10.2. The highest BCUT2D eigenvalue weighted by atomic mass is 32.1. The molecule has 112 valence electrons. The van der Waals surface area contributed by atoms with E-state index in [0.717, 1.165) is 17.7 Å². The molecule has 21 heavy (non-hydrogen) atoms. The van der Waals surface area contributed by atoms with E-state index in [9.17, 15) is 9.59 Å². The molecule has 0 aliphatic carbocycles. The number of benzene rings is 1. The van der Waals surface area contributed by atoms with Gasteiger partial charge in [0.05, 0.1) is 13.2 Å². The molecule has 0 bridgehead atoms. The summed E-state index contributed by atoms with van der Waals surface area (Å²) in [6, 6.07) is 6.95. The van der Waals surface area contributed by atoms with E-state index in [-0.39, 0.29) is 18.3 Å². The highest BCUT2D eigenvalue weighted by Gasteiger charge is 2.03. The van der Waals surface area contributed by atoms with Gasteiger partial charge in [0.25, 0.3) is 0 Å². The first-order valence-corrected chi connectivity index (χ1v) is 6.62. The van der Waals surface area contributed by atoms with Crippen molar-refractivity contribution in [2.75, 3.05) is 11.9 Å². The lowest BCUT2D eigenvalue weighted by Gasteiger charge is -2.08. The minimum atomic E-state index is -0.595. The molecule has 0 unspecified atom stereocenters. The van der Waals surface area contributed by atoms with Gasteiger partial charge in [-0.3, -0.25) is 10.1 Å². The summed E-state index contributed by atoms with van der Waals surface area (Å²) >= 11 is 4.97. The molecule has 1 amide bonds. The van der Waals surface area contributed by atoms with E-state index in [4.69, 9.17) is 17.3 Å². The topological polar surface area (TPSA) is 87.7 Å². The van der Waals surface area contributed by atoms with Crippen molar-refractivity contribution in [3.63, 3.8) is 0 Å². The number of esters is 1. The highest BCUT2D eigenvalue weighted by Crippen LogP contribution is 2.10. The van der Waals surface area contributed by atoms with Crippen molar-refractivity contribution in [1.82, 2.24) is 5.32 Å². The molecule has 0 saturated heterocycles. The number of nitrogens with one attached hydrogen (secondary N) is 2. The first kappa shape index (κ1) is 16.8. The second kappa shape index (κ2) is 8.83. The van der Waals surface area contributed by atoms with Crippen LogP contribution < -0.4 is 10.6 Å². The van der Waals surface area contributed by atoms with Crippen LogP contribution in [0.15, 0.2) is 36.4 Å². The van der Waals surface area contributed by atoms with Crippen molar-refractivity contribution in [3.05, 3.63) is 42.0 Å². The Morgan fingerprint density at radius 3 is 2.81 bits per heavy atom. The molecular weight excluding hydrogens is 292 g/mol. The molecule has 0 spiro atoms. The van der Waals surface area contributed by atoms with E-state index < -0.39 is 11.9 Å². The number of carbonyl (C=O) groups is 2. The third-order valence-electron chi connectivity index (χ3n) is 2.26. The van der Waals surface area contributed by atoms with Crippen molar-refractivity contribution < 1.29 is 19.4 Å². The van der Waals surface area contributed by atoms with Crippen LogP contribution in [0.2, 0.25) is 0 Å². The van der Waals surface area contributed by atoms with Crippen molar-refractivity contribution >= 4 is 34.9 Å². The van der Waals surface area contributed by atoms with E-state index in [0.29, 0.717) is 5.69 Å². The number of amides is 1. The molecular formula is C14H16N2O4S. The molecule has 6 nitrogen and oxygen atoms in total. The van der Waals surface area contributed by atoms with Gasteiger partial charge < -0.3 is 15.2 Å². The van der Waals surface area contributed by atoms with Gasteiger partial charge in [-0.1, -0.05) is 12.1 Å². The second-order valence-electron chi connectivity index (χ2n) is 3.89. The van der Waals surface area contributed by atoms with Crippen LogP contribution in [-0.4, -0.2) is 28.7 Å². The fraction of sp³-hybridized carbons (Fsp3) is 0.214. The molecule has 3 N–H and O–H groups in total. The van der Waals surface area contributed by atoms with Crippen molar-refractivity contribution in [2.24, 2.45) is 0 Å². The molecule has 0 aliphatic heterocycles. The zero-order valence-corrected chi connectivity index (χ0v) is 12.3. The lowest BCUT2D eigenvalue weighted by Crippen LogP contribution is -2.33. The van der Waals surface area contributed by atoms with Crippen LogP contribution in [0.3, 0.4) is 0 Å². The lowest BCUT2D eigenvalue weighted by atomic mass is 10.2. The van der Waals surface area contributed by atoms with Gasteiger partial charge in [0.15, 0.2) is 5.11 Å². The van der Waals surface area contributed by atoms with Crippen LogP contribution in [-0.2, 0) is 20.9 Å². The summed E-state index contributed by atoms with van der Waals surface area (Å²) in [7, 11) is 0. The second-order valence-corrected chi connectivity index (χ2v) is 4.30. The van der Waals surface area contributed by atoms with Gasteiger partial charge >= 0.3 is 5.97 Å². The van der Waals surface area contributed by atoms with Crippen LogP contribution in [0.25, 0.3) is 0 Å². The Hall–Kier alpha value is -2.25. The average molecular weight is 308 g/mol. The first-order chi connectivity index (χ1) is 10.0. The van der Waals surface area contributed by atoms with Crippen LogP contribution in [0, 0.1) is 0 Å². The van der Waals surface area contributed by atoms with E-state index in [1.165, 1.54) is 0 Å². The number of carbonyl (C=O) groups excluding carboxylic acids is 2. The first-order valence-electron chi connectivity index (χ1n) is 6.21. The zero-order valence-electron chi connectivity index (χ0n) is 11.5. The fourth-order valence-electron chi connectivity index (χ4n) is 1.40. The Kier molecular flexibility index (Phi) is 7.06. The molecule has 1 rings (SSSR count). The molecule has 0 fully saturated rings. The van der Waals surface area contributed by atoms with Gasteiger partial charge in [-0.05, 0) is 36.8 Å². The predicted molar refractivity (Wildman–Crippen MR) is 82.5 cm³/mol. The van der Waals surface area contributed by atoms with Gasteiger partial charge in [0.1, 0.15) is 0 Å². The largest absolute Gasteiger partial charge is 0.463 e. The maximum atomic E-state index is 11.5. The molecule has 1 aromatic rings. The minimum absolute atomic E-state index is 0.0864. The molecule has 1 aromatic carbocycles. The summed E-state index contributed by atoms with van der Waals surface area (Å²) in [5, 5.41) is 14.3. The fourth-order valence-corrected chi connectivity index (χ4v) is 1.62. The molecule has 0 saturated carbocycles. The van der Waals surface area contributed by atoms with Crippen molar-refractivity contribution in [2.45, 2.75) is 13.5 Å². The number of hydrogen-bond donors (Lipinski definition) is 3. The van der Waals surface area contributed by atoms with E-state index >= 15 is 0 Å². The van der Waals surface area contributed by atoms with E-state index in [2.05, 4.69) is 15.4 Å². The molecule has 0 heterocycles. The number of rotatable bonds is 5.